The van der Waals surface area contributed by atoms with E-state index in [2.05, 4.69) is 0 Å². The summed E-state index contributed by atoms with van der Waals surface area (Å²) >= 11 is 0. The van der Waals surface area contributed by atoms with Gasteiger partial charge < -0.3 is 103 Å². The number of nitrogens with zero attached hydrogens (tertiary/aromatic N) is 18. The molecule has 0 saturated heterocycles. The van der Waals surface area contributed by atoms with E-state index in [1.54, 1.807) is 0 Å². The molecule has 0 fully saturated rings. The molecule has 0 aliphatic carbocycles. The summed E-state index contributed by atoms with van der Waals surface area (Å²) in [7, 11) is 0. The van der Waals surface area contributed by atoms with Gasteiger partial charge in [-0.25, -0.2) is 0 Å². The molecule has 0 radical (unpaired) electrons. The van der Waals surface area contributed by atoms with Crippen molar-refractivity contribution in [1.29, 1.82) is 0 Å². The Hall–Kier alpha value is -3.37. The van der Waals surface area contributed by atoms with Crippen LogP contribution >= 0.6 is 0 Å². The molecule has 0 unspecified atom stereocenters. The minimum atomic E-state index is 0. The van der Waals surface area contributed by atoms with Gasteiger partial charge in [-0.15, -0.1) is 0 Å². The third kappa shape index (κ3) is 702. The molecule has 26 heavy (non-hydrogen) atoms. The zero-order valence-electron chi connectivity index (χ0n) is 12.2. The molecular formula is H12Co2N24-6. The molecule has 0 aliphatic heterocycles. The molecule has 0 rings (SSSR count). The van der Waals surface area contributed by atoms with E-state index in [0.717, 1.165) is 0 Å². The van der Waals surface area contributed by atoms with Gasteiger partial charge in [-0.1, -0.05) is 0 Å². The van der Waals surface area contributed by atoms with Gasteiger partial charge in [-0.05, 0) is 0 Å². The first-order valence-electron chi connectivity index (χ1n) is 2.40. The van der Waals surface area contributed by atoms with Crippen LogP contribution in [0.1, 0.15) is 0 Å². The normalized spacial score (nSPS) is 1.85. The minimum absolute atomic E-state index is 0. The minimum Gasteiger partial charge on any atom is -0.693 e. The fourth-order valence-electron chi connectivity index (χ4n) is 0. The van der Waals surface area contributed by atoms with Crippen LogP contribution in [0, 0.1) is 0 Å². The second-order valence-corrected chi connectivity index (χ2v) is 0.537. The summed E-state index contributed by atoms with van der Waals surface area (Å²) in [6, 6.07) is 0. The number of rotatable bonds is 0. The molecule has 0 amide bonds. The quantitative estimate of drug-likeness (QED) is 0.182. The van der Waals surface area contributed by atoms with E-state index < -0.39 is 0 Å². The van der Waals surface area contributed by atoms with Gasteiger partial charge in [0.25, 0.3) is 0 Å². The van der Waals surface area contributed by atoms with E-state index in [1.807, 2.05) is 0 Å². The summed E-state index contributed by atoms with van der Waals surface area (Å²) in [4.78, 5) is 9.00. The third-order valence-electron chi connectivity index (χ3n) is 0. The second kappa shape index (κ2) is 1330. The first kappa shape index (κ1) is 142. The molecular weight excluding hydrogens is 454 g/mol. The van der Waals surface area contributed by atoms with Crippen molar-refractivity contribution in [2.24, 2.45) is 0 Å². The molecule has 0 atom stereocenters. The fourth-order valence-corrected chi connectivity index (χ4v) is 0. The molecule has 12 N–H and O–H groups in total. The zero-order chi connectivity index (χ0) is 16.2. The largest absolute Gasteiger partial charge is 3.00 e. The molecule has 0 aliphatic rings. The van der Waals surface area contributed by atoms with Crippen LogP contribution in [0.15, 0.2) is 0 Å². The van der Waals surface area contributed by atoms with Crippen LogP contribution in [0.25, 0.3) is 133 Å². The van der Waals surface area contributed by atoms with E-state index in [1.165, 1.54) is 29.5 Å². The Balaban J connectivity index is -0.00000000522. The molecule has 0 heterocycles. The predicted molar refractivity (Wildman–Crippen MR) is 92.2 cm³/mol. The van der Waals surface area contributed by atoms with Crippen molar-refractivity contribution in [3.8, 4) is 0 Å². The number of hydrogen-bond acceptors (Lipinski definition) is 0. The van der Waals surface area contributed by atoms with Crippen LogP contribution in [0.5, 0.6) is 0 Å². The molecule has 0 saturated carbocycles. The van der Waals surface area contributed by atoms with Crippen LogP contribution in [0.4, 0.5) is 0 Å². The topological polar surface area (TPSA) is 553 Å². The van der Waals surface area contributed by atoms with Gasteiger partial charge in [0.2, 0.25) is 0 Å². The van der Waals surface area contributed by atoms with Gasteiger partial charge >= 0.3 is 33.6 Å². The molecule has 0 spiro atoms. The van der Waals surface area contributed by atoms with Crippen molar-refractivity contribution in [3.05, 3.63) is 133 Å². The van der Waals surface area contributed by atoms with Crippen LogP contribution in [-0.4, -0.2) is 0 Å². The SMILES string of the molecule is [Co+3].[Co+3].[N-]=[N+]=[N-].[N-]=[N+]=[N-].[N-]=[N+]=[N-].[N-]=[N+]=[N-].[N-]=[N+]=[N-].[N-]=[N+]=[N-].[NH2-].[NH2-].[NH2-].[NH2-].[NH2-].[NH2-]. The predicted octanol–water partition coefficient (Wildman–Crippen LogP) is 9.49. The fraction of sp³-hybridized carbons (Fsp3) is 0. The van der Waals surface area contributed by atoms with Crippen LogP contribution in [-0.2, 0) is 33.6 Å². The van der Waals surface area contributed by atoms with Crippen LogP contribution in [0.2, 0.25) is 0 Å². The summed E-state index contributed by atoms with van der Waals surface area (Å²) in [6.07, 6.45) is 0. The molecule has 0 aromatic rings. The summed E-state index contributed by atoms with van der Waals surface area (Å²) in [5.74, 6) is 0. The van der Waals surface area contributed by atoms with Crippen molar-refractivity contribution >= 4 is 0 Å². The van der Waals surface area contributed by atoms with Gasteiger partial charge in [0.05, 0.1) is 0 Å². The first-order valence-corrected chi connectivity index (χ1v) is 2.40. The summed E-state index contributed by atoms with van der Waals surface area (Å²) < 4.78 is 0. The Kier molecular flexibility index (Phi) is 7260. The molecule has 0 bridgehead atoms. The van der Waals surface area contributed by atoms with Crippen molar-refractivity contribution < 1.29 is 33.6 Å². The second-order valence-electron chi connectivity index (χ2n) is 0.537. The molecule has 0 aromatic heterocycles. The summed E-state index contributed by atoms with van der Waals surface area (Å²) in [6.45, 7) is 0. The van der Waals surface area contributed by atoms with Crippen molar-refractivity contribution in [3.63, 3.8) is 0 Å². The Morgan fingerprint density at radius 3 is 0.231 bits per heavy atom. The van der Waals surface area contributed by atoms with Crippen molar-refractivity contribution in [1.82, 2.24) is 0 Å². The molecule has 26 heteroatoms. The maximum Gasteiger partial charge on any atom is 3.00 e. The first-order chi connectivity index (χ1) is 8.49. The van der Waals surface area contributed by atoms with Gasteiger partial charge in [-0.2, -0.15) is 0 Å². The molecule has 0 aromatic carbocycles. The van der Waals surface area contributed by atoms with Crippen molar-refractivity contribution in [2.75, 3.05) is 0 Å². The zero-order valence-corrected chi connectivity index (χ0v) is 14.3. The Morgan fingerprint density at radius 1 is 0.231 bits per heavy atom. The number of nitrogens with two attached hydrogens (primary N) is 6. The Bertz CT molecular complexity index is 229. The van der Waals surface area contributed by atoms with Gasteiger partial charge in [0.1, 0.15) is 0 Å². The van der Waals surface area contributed by atoms with E-state index in [0.29, 0.717) is 0 Å². The van der Waals surface area contributed by atoms with Crippen LogP contribution < -0.4 is 0 Å². The maximum atomic E-state index is 6.75. The standard InChI is InChI=1S/2Co.6N3.6H2N/c;;6*1-3-2;;;;;;/h;;;;;;;;6*1H2/q2*+3;12*-1. The van der Waals surface area contributed by atoms with Gasteiger partial charge in [0.15, 0.2) is 0 Å². The molecule has 156 valence electrons. The van der Waals surface area contributed by atoms with Gasteiger partial charge in [-0.3, -0.25) is 29.5 Å². The monoisotopic (exact) mass is 466 g/mol. The van der Waals surface area contributed by atoms with Crippen LogP contribution in [0.3, 0.4) is 0 Å². The Labute approximate surface area is 166 Å². The van der Waals surface area contributed by atoms with E-state index >= 15 is 0 Å². The van der Waals surface area contributed by atoms with Crippen molar-refractivity contribution in [2.45, 2.75) is 0 Å². The average Bonchev–Trinajstić information content (AvgIpc) is 2.23. The third-order valence-corrected chi connectivity index (χ3v) is 0. The van der Waals surface area contributed by atoms with E-state index in [-0.39, 0.29) is 70.5 Å². The summed E-state index contributed by atoms with van der Waals surface area (Å²) in [5.41, 5.74) is 81.0. The maximum absolute atomic E-state index is 6.75. The average molecular weight is 466 g/mol. The molecule has 24 nitrogen and oxygen atoms in total. The summed E-state index contributed by atoms with van der Waals surface area (Å²) in [5, 5.41) is 0. The number of hydrogen-bond donors (Lipinski definition) is 0. The van der Waals surface area contributed by atoms with E-state index in [4.69, 9.17) is 66.4 Å². The van der Waals surface area contributed by atoms with E-state index in [9.17, 15) is 0 Å². The smallest absolute Gasteiger partial charge is 0.693 e. The van der Waals surface area contributed by atoms with Gasteiger partial charge in [0, 0.05) is 0 Å². The Morgan fingerprint density at radius 2 is 0.231 bits per heavy atom.